The van der Waals surface area contributed by atoms with Crippen LogP contribution >= 0.6 is 0 Å². The minimum Gasteiger partial charge on any atom is -0.390 e. The summed E-state index contributed by atoms with van der Waals surface area (Å²) in [7, 11) is 0. The van der Waals surface area contributed by atoms with Crippen molar-refractivity contribution in [3.63, 3.8) is 0 Å². The van der Waals surface area contributed by atoms with Crippen molar-refractivity contribution in [3.8, 4) is 0 Å². The van der Waals surface area contributed by atoms with E-state index in [2.05, 4.69) is 19.1 Å². The lowest BCUT2D eigenvalue weighted by molar-refractivity contribution is 0.00220. The second-order valence-corrected chi connectivity index (χ2v) is 5.13. The van der Waals surface area contributed by atoms with Gasteiger partial charge in [-0.25, -0.2) is 0 Å². The Hall–Kier alpha value is -0.300. The first-order valence-electron chi connectivity index (χ1n) is 6.56. The number of unbranched alkanes of at least 4 members (excludes halogenated alkanes) is 3. The van der Waals surface area contributed by atoms with Gasteiger partial charge in [0.05, 0.1) is 5.60 Å². The van der Waals surface area contributed by atoms with Crippen molar-refractivity contribution in [2.75, 3.05) is 0 Å². The van der Waals surface area contributed by atoms with Crippen LogP contribution in [0.15, 0.2) is 12.2 Å². The molecular weight excluding hydrogens is 184 g/mol. The smallest absolute Gasteiger partial charge is 0.0682 e. The van der Waals surface area contributed by atoms with Gasteiger partial charge in [0.25, 0.3) is 0 Å². The SMILES string of the molecule is CCCCCCC(C)(O)C1C=CCCC1. The van der Waals surface area contributed by atoms with Gasteiger partial charge in [0.1, 0.15) is 0 Å². The molecule has 1 aliphatic rings. The summed E-state index contributed by atoms with van der Waals surface area (Å²) < 4.78 is 0. The molecule has 0 fully saturated rings. The lowest BCUT2D eigenvalue weighted by atomic mass is 9.79. The van der Waals surface area contributed by atoms with Gasteiger partial charge < -0.3 is 5.11 Å². The summed E-state index contributed by atoms with van der Waals surface area (Å²) in [4.78, 5) is 0. The van der Waals surface area contributed by atoms with E-state index in [1.807, 2.05) is 6.92 Å². The average Bonchev–Trinajstić information content (AvgIpc) is 2.26. The van der Waals surface area contributed by atoms with E-state index < -0.39 is 5.60 Å². The Balaban J connectivity index is 2.29. The topological polar surface area (TPSA) is 20.2 Å². The van der Waals surface area contributed by atoms with Crippen LogP contribution in [-0.4, -0.2) is 10.7 Å². The molecule has 0 saturated carbocycles. The molecule has 2 unspecified atom stereocenters. The molecule has 1 rings (SSSR count). The number of allylic oxidation sites excluding steroid dienone is 1. The van der Waals surface area contributed by atoms with Crippen LogP contribution in [0.25, 0.3) is 0 Å². The molecule has 0 saturated heterocycles. The minimum atomic E-state index is -0.468. The zero-order chi connectivity index (χ0) is 11.1. The van der Waals surface area contributed by atoms with Gasteiger partial charge in [-0.2, -0.15) is 0 Å². The van der Waals surface area contributed by atoms with Crippen molar-refractivity contribution < 1.29 is 5.11 Å². The summed E-state index contributed by atoms with van der Waals surface area (Å²) in [6, 6.07) is 0. The van der Waals surface area contributed by atoms with Crippen LogP contribution < -0.4 is 0 Å². The van der Waals surface area contributed by atoms with Gasteiger partial charge in [-0.05, 0) is 32.6 Å². The highest BCUT2D eigenvalue weighted by molar-refractivity contribution is 5.00. The maximum absolute atomic E-state index is 10.4. The molecule has 0 heterocycles. The van der Waals surface area contributed by atoms with Crippen molar-refractivity contribution in [2.24, 2.45) is 5.92 Å². The summed E-state index contributed by atoms with van der Waals surface area (Å²) in [5.74, 6) is 0.396. The molecule has 0 amide bonds. The lowest BCUT2D eigenvalue weighted by Crippen LogP contribution is -2.34. The first kappa shape index (κ1) is 12.8. The van der Waals surface area contributed by atoms with Gasteiger partial charge in [0.15, 0.2) is 0 Å². The monoisotopic (exact) mass is 210 g/mol. The van der Waals surface area contributed by atoms with Gasteiger partial charge in [0, 0.05) is 5.92 Å². The summed E-state index contributed by atoms with van der Waals surface area (Å²) in [5.41, 5.74) is -0.468. The maximum atomic E-state index is 10.4. The van der Waals surface area contributed by atoms with Crippen LogP contribution in [0.5, 0.6) is 0 Å². The molecule has 0 aliphatic heterocycles. The van der Waals surface area contributed by atoms with Crippen LogP contribution in [-0.2, 0) is 0 Å². The first-order valence-corrected chi connectivity index (χ1v) is 6.56. The van der Waals surface area contributed by atoms with Crippen molar-refractivity contribution in [1.82, 2.24) is 0 Å². The van der Waals surface area contributed by atoms with Crippen LogP contribution in [0.2, 0.25) is 0 Å². The summed E-state index contributed by atoms with van der Waals surface area (Å²) in [6.07, 6.45) is 14.0. The van der Waals surface area contributed by atoms with Crippen LogP contribution in [0.3, 0.4) is 0 Å². The molecule has 1 nitrogen and oxygen atoms in total. The molecule has 0 aromatic heterocycles. The molecule has 88 valence electrons. The van der Waals surface area contributed by atoms with E-state index in [0.29, 0.717) is 5.92 Å². The molecule has 2 atom stereocenters. The molecule has 1 aliphatic carbocycles. The lowest BCUT2D eigenvalue weighted by Gasteiger charge is -2.32. The summed E-state index contributed by atoms with van der Waals surface area (Å²) >= 11 is 0. The fraction of sp³-hybridized carbons (Fsp3) is 0.857. The normalized spacial score (nSPS) is 25.1. The predicted octanol–water partition coefficient (Wildman–Crippen LogP) is 4.06. The van der Waals surface area contributed by atoms with E-state index in [4.69, 9.17) is 0 Å². The van der Waals surface area contributed by atoms with E-state index in [0.717, 1.165) is 12.8 Å². The summed E-state index contributed by atoms with van der Waals surface area (Å²) in [6.45, 7) is 4.24. The molecule has 0 radical (unpaired) electrons. The number of hydrogen-bond donors (Lipinski definition) is 1. The molecule has 0 aromatic rings. The number of hydrogen-bond acceptors (Lipinski definition) is 1. The van der Waals surface area contributed by atoms with E-state index >= 15 is 0 Å². The molecule has 15 heavy (non-hydrogen) atoms. The van der Waals surface area contributed by atoms with E-state index in [1.54, 1.807) is 0 Å². The minimum absolute atomic E-state index is 0.396. The zero-order valence-electron chi connectivity index (χ0n) is 10.3. The van der Waals surface area contributed by atoms with Crippen LogP contribution in [0.4, 0.5) is 0 Å². The second-order valence-electron chi connectivity index (χ2n) is 5.13. The van der Waals surface area contributed by atoms with Crippen LogP contribution in [0, 0.1) is 5.92 Å². The van der Waals surface area contributed by atoms with Crippen molar-refractivity contribution in [3.05, 3.63) is 12.2 Å². The largest absolute Gasteiger partial charge is 0.390 e. The zero-order valence-corrected chi connectivity index (χ0v) is 10.3. The molecule has 0 bridgehead atoms. The van der Waals surface area contributed by atoms with Gasteiger partial charge in [0.2, 0.25) is 0 Å². The average molecular weight is 210 g/mol. The van der Waals surface area contributed by atoms with Gasteiger partial charge in [-0.15, -0.1) is 0 Å². The van der Waals surface area contributed by atoms with Gasteiger partial charge in [-0.1, -0.05) is 44.8 Å². The highest BCUT2D eigenvalue weighted by Crippen LogP contribution is 2.31. The fourth-order valence-electron chi connectivity index (χ4n) is 2.43. The summed E-state index contributed by atoms with van der Waals surface area (Å²) in [5, 5.41) is 10.4. The molecular formula is C14H26O. The van der Waals surface area contributed by atoms with Crippen LogP contribution in [0.1, 0.15) is 65.2 Å². The Morgan fingerprint density at radius 3 is 2.73 bits per heavy atom. The highest BCUT2D eigenvalue weighted by atomic mass is 16.3. The van der Waals surface area contributed by atoms with Gasteiger partial charge in [-0.3, -0.25) is 0 Å². The van der Waals surface area contributed by atoms with Crippen molar-refractivity contribution >= 4 is 0 Å². The number of aliphatic hydroxyl groups is 1. The fourth-order valence-corrected chi connectivity index (χ4v) is 2.43. The van der Waals surface area contributed by atoms with E-state index in [-0.39, 0.29) is 0 Å². The maximum Gasteiger partial charge on any atom is 0.0682 e. The molecule has 0 aromatic carbocycles. The third-order valence-corrected chi connectivity index (χ3v) is 3.59. The van der Waals surface area contributed by atoms with E-state index in [9.17, 15) is 5.11 Å². The first-order chi connectivity index (χ1) is 7.17. The predicted molar refractivity (Wildman–Crippen MR) is 65.9 cm³/mol. The molecule has 1 heteroatoms. The Bertz CT molecular complexity index is 194. The Labute approximate surface area is 94.6 Å². The highest BCUT2D eigenvalue weighted by Gasteiger charge is 2.29. The van der Waals surface area contributed by atoms with Crippen molar-refractivity contribution in [2.45, 2.75) is 70.8 Å². The Morgan fingerprint density at radius 2 is 2.13 bits per heavy atom. The Kier molecular flexibility index (Phi) is 5.38. The third-order valence-electron chi connectivity index (χ3n) is 3.59. The van der Waals surface area contributed by atoms with Gasteiger partial charge >= 0.3 is 0 Å². The quantitative estimate of drug-likeness (QED) is 0.517. The Morgan fingerprint density at radius 1 is 1.33 bits per heavy atom. The third kappa shape index (κ3) is 4.38. The standard InChI is InChI=1S/C14H26O/c1-3-4-5-9-12-14(2,15)13-10-7-6-8-11-13/h7,10,13,15H,3-6,8-9,11-12H2,1-2H3. The van der Waals surface area contributed by atoms with Crippen molar-refractivity contribution in [1.29, 1.82) is 0 Å². The second kappa shape index (κ2) is 6.32. The number of rotatable bonds is 6. The molecule has 1 N–H and O–H groups in total. The van der Waals surface area contributed by atoms with E-state index in [1.165, 1.54) is 38.5 Å². The molecule has 0 spiro atoms.